The lowest BCUT2D eigenvalue weighted by Gasteiger charge is -2.16. The number of aliphatic hydroxyl groups excluding tert-OH is 3. The van der Waals surface area contributed by atoms with E-state index in [0.717, 1.165) is 0 Å². The Morgan fingerprint density at radius 3 is 2.34 bits per heavy atom. The molecule has 2 rings (SSSR count). The highest BCUT2D eigenvalue weighted by atomic mass is 35.5. The summed E-state index contributed by atoms with van der Waals surface area (Å²) in [5, 5.41) is 32.3. The molecule has 160 valence electrons. The molecule has 5 N–H and O–H groups in total. The first-order valence-corrected chi connectivity index (χ1v) is 9.60. The van der Waals surface area contributed by atoms with Crippen molar-refractivity contribution in [1.29, 1.82) is 0 Å². The molecule has 0 saturated carbocycles. The molecule has 0 aliphatic carbocycles. The van der Waals surface area contributed by atoms with Gasteiger partial charge in [-0.1, -0.05) is 30.7 Å². The Morgan fingerprint density at radius 1 is 1.17 bits per heavy atom. The normalized spacial score (nSPS) is 10.4. The van der Waals surface area contributed by atoms with Crippen LogP contribution in [0, 0.1) is 0 Å². The Bertz CT molecular complexity index is 820. The van der Waals surface area contributed by atoms with Crippen LogP contribution in [-0.2, 0) is 31.1 Å². The molecule has 0 fully saturated rings. The maximum atomic E-state index is 12.3. The van der Waals surface area contributed by atoms with Crippen LogP contribution in [-0.4, -0.2) is 39.9 Å². The van der Waals surface area contributed by atoms with Gasteiger partial charge < -0.3 is 30.4 Å². The average Bonchev–Trinajstić information content (AvgIpc) is 3.08. The molecule has 8 heteroatoms. The van der Waals surface area contributed by atoms with Gasteiger partial charge in [0.05, 0.1) is 31.5 Å². The Hall–Kier alpha value is -2.16. The summed E-state index contributed by atoms with van der Waals surface area (Å²) in [6.07, 6.45) is 0.692. The minimum atomic E-state index is -0.551. The number of aliphatic hydroxyl groups is 3. The minimum Gasteiger partial charge on any atom is -0.461 e. The second kappa shape index (κ2) is 12.4. The molecule has 29 heavy (non-hydrogen) atoms. The molecule has 0 saturated heterocycles. The number of nitrogens with one attached hydrogen (secondary N) is 2. The second-order valence-electron chi connectivity index (χ2n) is 6.04. The van der Waals surface area contributed by atoms with Crippen molar-refractivity contribution in [3.63, 3.8) is 0 Å². The predicted molar refractivity (Wildman–Crippen MR) is 114 cm³/mol. The molecule has 0 atom stereocenters. The van der Waals surface area contributed by atoms with E-state index in [2.05, 4.69) is 23.5 Å². The van der Waals surface area contributed by atoms with Gasteiger partial charge in [0.15, 0.2) is 0 Å². The van der Waals surface area contributed by atoms with Gasteiger partial charge in [-0.25, -0.2) is 4.79 Å². The number of hydrogen-bond donors (Lipinski definition) is 5. The van der Waals surface area contributed by atoms with Crippen molar-refractivity contribution in [2.45, 2.75) is 39.7 Å². The molecule has 0 amide bonds. The molecule has 1 aromatic heterocycles. The maximum absolute atomic E-state index is 12.3. The van der Waals surface area contributed by atoms with Gasteiger partial charge in [-0.3, -0.25) is 0 Å². The summed E-state index contributed by atoms with van der Waals surface area (Å²) < 4.78 is 5.18. The quantitative estimate of drug-likeness (QED) is 0.312. The standard InChI is InChI=1S/C19H25ClN2O5.C2H4/c1-3-6-27-19(26)18-17(20)16(15(22-18)7-21-2)12-5-4-11(8-23)13(9-24)14(12)10-25;1-2/h4-5,21-25H,3,6-10H2,1-2H3;1-2H2. The smallest absolute Gasteiger partial charge is 0.356 e. The number of ether oxygens (including phenoxy) is 1. The van der Waals surface area contributed by atoms with E-state index < -0.39 is 5.97 Å². The van der Waals surface area contributed by atoms with Gasteiger partial charge in [-0.2, -0.15) is 0 Å². The molecule has 0 unspecified atom stereocenters. The van der Waals surface area contributed by atoms with Gasteiger partial charge in [0.25, 0.3) is 0 Å². The lowest BCUT2D eigenvalue weighted by Crippen LogP contribution is -2.09. The van der Waals surface area contributed by atoms with Crippen LogP contribution in [0.4, 0.5) is 0 Å². The van der Waals surface area contributed by atoms with E-state index in [1.165, 1.54) is 0 Å². The molecule has 1 heterocycles. The van der Waals surface area contributed by atoms with Crippen LogP contribution in [0.2, 0.25) is 5.02 Å². The molecule has 0 radical (unpaired) electrons. The minimum absolute atomic E-state index is 0.144. The largest absolute Gasteiger partial charge is 0.461 e. The predicted octanol–water partition coefficient (Wildman–Crippen LogP) is 2.90. The number of halogens is 1. The van der Waals surface area contributed by atoms with Crippen LogP contribution in [0.5, 0.6) is 0 Å². The number of rotatable bonds is 9. The zero-order valence-electron chi connectivity index (χ0n) is 16.8. The monoisotopic (exact) mass is 424 g/mol. The number of carbonyl (C=O) groups is 1. The van der Waals surface area contributed by atoms with Crippen molar-refractivity contribution >= 4 is 17.6 Å². The van der Waals surface area contributed by atoms with Gasteiger partial charge >= 0.3 is 5.97 Å². The fourth-order valence-corrected chi connectivity index (χ4v) is 3.37. The van der Waals surface area contributed by atoms with Gasteiger partial charge in [-0.15, -0.1) is 13.2 Å². The lowest BCUT2D eigenvalue weighted by molar-refractivity contribution is 0.0499. The zero-order valence-corrected chi connectivity index (χ0v) is 17.6. The Balaban J connectivity index is 0.00000204. The highest BCUT2D eigenvalue weighted by Crippen LogP contribution is 2.38. The van der Waals surface area contributed by atoms with E-state index in [1.54, 1.807) is 19.2 Å². The Morgan fingerprint density at radius 2 is 1.83 bits per heavy atom. The highest BCUT2D eigenvalue weighted by Gasteiger charge is 2.25. The number of aromatic nitrogens is 1. The fraction of sp³-hybridized carbons (Fsp3) is 0.381. The van der Waals surface area contributed by atoms with Crippen molar-refractivity contribution in [2.75, 3.05) is 13.7 Å². The van der Waals surface area contributed by atoms with Crippen molar-refractivity contribution in [3.05, 3.63) is 58.4 Å². The van der Waals surface area contributed by atoms with Crippen molar-refractivity contribution in [3.8, 4) is 11.1 Å². The van der Waals surface area contributed by atoms with Crippen LogP contribution in [0.3, 0.4) is 0 Å². The topological polar surface area (TPSA) is 115 Å². The van der Waals surface area contributed by atoms with Crippen LogP contribution in [0.25, 0.3) is 11.1 Å². The van der Waals surface area contributed by atoms with Crippen molar-refractivity contribution in [2.24, 2.45) is 0 Å². The highest BCUT2D eigenvalue weighted by molar-refractivity contribution is 6.36. The van der Waals surface area contributed by atoms with E-state index in [4.69, 9.17) is 16.3 Å². The third kappa shape index (κ3) is 5.46. The molecule has 1 aromatic carbocycles. The molecule has 0 bridgehead atoms. The van der Waals surface area contributed by atoms with Crippen molar-refractivity contribution in [1.82, 2.24) is 10.3 Å². The van der Waals surface area contributed by atoms with Crippen molar-refractivity contribution < 1.29 is 24.9 Å². The molecular formula is C21H29ClN2O5. The number of esters is 1. The van der Waals surface area contributed by atoms with Gasteiger partial charge in [0.1, 0.15) is 5.69 Å². The fourth-order valence-electron chi connectivity index (χ4n) is 3.02. The van der Waals surface area contributed by atoms with Gasteiger partial charge in [-0.05, 0) is 35.7 Å². The summed E-state index contributed by atoms with van der Waals surface area (Å²) in [7, 11) is 1.76. The summed E-state index contributed by atoms with van der Waals surface area (Å²) in [6, 6.07) is 3.38. The first-order chi connectivity index (χ1) is 14.0. The van der Waals surface area contributed by atoms with E-state index in [0.29, 0.717) is 46.5 Å². The summed E-state index contributed by atoms with van der Waals surface area (Å²) >= 11 is 6.52. The van der Waals surface area contributed by atoms with Crippen LogP contribution < -0.4 is 5.32 Å². The second-order valence-corrected chi connectivity index (χ2v) is 6.42. The molecule has 0 aliphatic rings. The van der Waals surface area contributed by atoms with E-state index in [-0.39, 0.29) is 37.1 Å². The Labute approximate surface area is 176 Å². The van der Waals surface area contributed by atoms with E-state index in [9.17, 15) is 20.1 Å². The van der Waals surface area contributed by atoms with Crippen LogP contribution in [0.1, 0.15) is 46.2 Å². The molecular weight excluding hydrogens is 396 g/mol. The molecule has 0 spiro atoms. The zero-order chi connectivity index (χ0) is 22.0. The number of hydrogen-bond acceptors (Lipinski definition) is 6. The number of H-pyrrole nitrogens is 1. The number of carbonyl (C=O) groups excluding carboxylic acids is 1. The summed E-state index contributed by atoms with van der Waals surface area (Å²) in [4.78, 5) is 15.3. The third-order valence-electron chi connectivity index (χ3n) is 4.30. The van der Waals surface area contributed by atoms with E-state index in [1.807, 2.05) is 6.92 Å². The average molecular weight is 425 g/mol. The van der Waals surface area contributed by atoms with Crippen LogP contribution >= 0.6 is 11.6 Å². The number of benzene rings is 1. The summed E-state index contributed by atoms with van der Waals surface area (Å²) in [5.74, 6) is -0.551. The van der Waals surface area contributed by atoms with Gasteiger partial charge in [0, 0.05) is 17.8 Å². The summed E-state index contributed by atoms with van der Waals surface area (Å²) in [5.41, 5.74) is 3.36. The first kappa shape index (κ1) is 24.9. The molecule has 2 aromatic rings. The van der Waals surface area contributed by atoms with Crippen LogP contribution in [0.15, 0.2) is 25.3 Å². The Kier molecular flexibility index (Phi) is 10.6. The van der Waals surface area contributed by atoms with E-state index >= 15 is 0 Å². The first-order valence-electron chi connectivity index (χ1n) is 9.22. The summed E-state index contributed by atoms with van der Waals surface area (Å²) in [6.45, 7) is 7.63. The van der Waals surface area contributed by atoms with Gasteiger partial charge in [0.2, 0.25) is 0 Å². The number of aromatic amines is 1. The maximum Gasteiger partial charge on any atom is 0.356 e. The lowest BCUT2D eigenvalue weighted by atomic mass is 9.92. The molecule has 7 nitrogen and oxygen atoms in total. The SMILES string of the molecule is C=C.CCCOC(=O)c1[nH]c(CNC)c(-c2ccc(CO)c(CO)c2CO)c1Cl. The third-order valence-corrected chi connectivity index (χ3v) is 4.67. The molecule has 0 aliphatic heterocycles.